The van der Waals surface area contributed by atoms with Gasteiger partial charge >= 0.3 is 5.97 Å². The van der Waals surface area contributed by atoms with Gasteiger partial charge in [-0.2, -0.15) is 0 Å². The zero-order valence-electron chi connectivity index (χ0n) is 12.8. The van der Waals surface area contributed by atoms with Gasteiger partial charge in [-0.3, -0.25) is 14.9 Å². The van der Waals surface area contributed by atoms with Crippen LogP contribution in [-0.2, 0) is 9.53 Å². The molecule has 7 nitrogen and oxygen atoms in total. The smallest absolute Gasteiger partial charge is 0.345 e. The van der Waals surface area contributed by atoms with Gasteiger partial charge < -0.3 is 10.1 Å². The maximum absolute atomic E-state index is 11.9. The van der Waals surface area contributed by atoms with Gasteiger partial charge in [0.2, 0.25) is 0 Å². The number of carbonyl (C=O) groups excluding carboxylic acids is 2. The van der Waals surface area contributed by atoms with Crippen LogP contribution in [0.5, 0.6) is 0 Å². The fourth-order valence-electron chi connectivity index (χ4n) is 2.71. The first kappa shape index (κ1) is 16.9. The summed E-state index contributed by atoms with van der Waals surface area (Å²) in [7, 11) is 0. The van der Waals surface area contributed by atoms with Crippen molar-refractivity contribution in [1.29, 1.82) is 0 Å². The summed E-state index contributed by atoms with van der Waals surface area (Å²) in [5.41, 5.74) is -0.485. The molecule has 0 radical (unpaired) electrons. The van der Waals surface area contributed by atoms with Gasteiger partial charge in [-0.1, -0.05) is 37.8 Å². The molecule has 0 saturated heterocycles. The van der Waals surface area contributed by atoms with Crippen molar-refractivity contribution in [1.82, 2.24) is 5.32 Å². The molecule has 124 valence electrons. The van der Waals surface area contributed by atoms with E-state index in [1.807, 2.05) is 0 Å². The van der Waals surface area contributed by atoms with Crippen molar-refractivity contribution in [3.8, 4) is 0 Å². The second-order valence-electron chi connectivity index (χ2n) is 5.61. The largest absolute Gasteiger partial charge is 0.452 e. The molecule has 0 heterocycles. The summed E-state index contributed by atoms with van der Waals surface area (Å²) >= 11 is 0. The van der Waals surface area contributed by atoms with E-state index in [0.717, 1.165) is 25.7 Å². The molecule has 1 aliphatic rings. The van der Waals surface area contributed by atoms with E-state index in [4.69, 9.17) is 4.74 Å². The number of nitrogens with one attached hydrogen (secondary N) is 1. The number of nitrogens with zero attached hydrogens (tertiary/aromatic N) is 1. The second-order valence-corrected chi connectivity index (χ2v) is 5.61. The number of benzene rings is 1. The molecule has 1 N–H and O–H groups in total. The topological polar surface area (TPSA) is 98.5 Å². The van der Waals surface area contributed by atoms with Gasteiger partial charge in [0, 0.05) is 12.1 Å². The van der Waals surface area contributed by atoms with E-state index in [2.05, 4.69) is 5.32 Å². The number of rotatable bonds is 5. The monoisotopic (exact) mass is 320 g/mol. The summed E-state index contributed by atoms with van der Waals surface area (Å²) in [6.45, 7) is -0.429. The van der Waals surface area contributed by atoms with Gasteiger partial charge in [-0.15, -0.1) is 0 Å². The number of nitro benzene ring substituents is 1. The Balaban J connectivity index is 1.86. The third-order valence-electron chi connectivity index (χ3n) is 3.88. The molecule has 1 saturated carbocycles. The number of para-hydroxylation sites is 1. The summed E-state index contributed by atoms with van der Waals surface area (Å²) in [6, 6.07) is 5.63. The van der Waals surface area contributed by atoms with Gasteiger partial charge in [0.25, 0.3) is 11.6 Å². The first-order chi connectivity index (χ1) is 11.1. The Labute approximate surface area is 134 Å². The van der Waals surface area contributed by atoms with Crippen molar-refractivity contribution in [3.63, 3.8) is 0 Å². The van der Waals surface area contributed by atoms with Crippen LogP contribution in [-0.4, -0.2) is 29.4 Å². The van der Waals surface area contributed by atoms with Crippen LogP contribution in [0.1, 0.15) is 48.9 Å². The lowest BCUT2D eigenvalue weighted by atomic mass is 10.1. The lowest BCUT2D eigenvalue weighted by Gasteiger charge is -2.16. The van der Waals surface area contributed by atoms with E-state index >= 15 is 0 Å². The fourth-order valence-corrected chi connectivity index (χ4v) is 2.71. The summed E-state index contributed by atoms with van der Waals surface area (Å²) < 4.78 is 4.90. The third-order valence-corrected chi connectivity index (χ3v) is 3.88. The quantitative estimate of drug-likeness (QED) is 0.389. The van der Waals surface area contributed by atoms with Crippen LogP contribution in [0.4, 0.5) is 5.69 Å². The summed E-state index contributed by atoms with van der Waals surface area (Å²) in [6.07, 6.45) is 6.40. The fraction of sp³-hybridized carbons (Fsp3) is 0.500. The van der Waals surface area contributed by atoms with Crippen molar-refractivity contribution < 1.29 is 19.2 Å². The Morgan fingerprint density at radius 3 is 2.48 bits per heavy atom. The first-order valence-corrected chi connectivity index (χ1v) is 7.78. The third kappa shape index (κ3) is 5.05. The SMILES string of the molecule is O=C(COC(=O)c1ccccc1[N+](=O)[O-])NC1CCCCCC1. The number of amides is 1. The Hall–Kier alpha value is -2.44. The number of carbonyl (C=O) groups is 2. The van der Waals surface area contributed by atoms with Crippen LogP contribution in [0.15, 0.2) is 24.3 Å². The maximum atomic E-state index is 11.9. The Morgan fingerprint density at radius 2 is 1.83 bits per heavy atom. The van der Waals surface area contributed by atoms with E-state index in [-0.39, 0.29) is 23.2 Å². The molecular formula is C16H20N2O5. The molecule has 23 heavy (non-hydrogen) atoms. The Bertz CT molecular complexity index is 580. The molecule has 1 fully saturated rings. The van der Waals surface area contributed by atoms with Gasteiger partial charge in [0.1, 0.15) is 5.56 Å². The highest BCUT2D eigenvalue weighted by atomic mass is 16.6. The molecule has 2 rings (SSSR count). The summed E-state index contributed by atoms with van der Waals surface area (Å²) in [4.78, 5) is 34.0. The molecule has 1 aliphatic carbocycles. The number of esters is 1. The minimum atomic E-state index is -0.867. The van der Waals surface area contributed by atoms with Crippen LogP contribution in [0.25, 0.3) is 0 Å². The van der Waals surface area contributed by atoms with Crippen LogP contribution >= 0.6 is 0 Å². The molecule has 0 bridgehead atoms. The average molecular weight is 320 g/mol. The molecule has 0 spiro atoms. The lowest BCUT2D eigenvalue weighted by molar-refractivity contribution is -0.385. The highest BCUT2D eigenvalue weighted by molar-refractivity contribution is 5.95. The number of hydrogen-bond acceptors (Lipinski definition) is 5. The summed E-state index contributed by atoms with van der Waals surface area (Å²) in [5, 5.41) is 13.7. The van der Waals surface area contributed by atoms with Crippen molar-refractivity contribution >= 4 is 17.6 Å². The Morgan fingerprint density at radius 1 is 1.17 bits per heavy atom. The minimum absolute atomic E-state index is 0.120. The van der Waals surface area contributed by atoms with Crippen LogP contribution in [0.3, 0.4) is 0 Å². The maximum Gasteiger partial charge on any atom is 0.345 e. The molecule has 1 aromatic rings. The van der Waals surface area contributed by atoms with Crippen molar-refractivity contribution in [2.24, 2.45) is 0 Å². The molecule has 0 atom stereocenters. The van der Waals surface area contributed by atoms with E-state index in [1.165, 1.54) is 37.1 Å². The zero-order valence-corrected chi connectivity index (χ0v) is 12.8. The van der Waals surface area contributed by atoms with Gasteiger partial charge in [-0.05, 0) is 18.9 Å². The first-order valence-electron chi connectivity index (χ1n) is 7.78. The average Bonchev–Trinajstić information content (AvgIpc) is 2.81. The van der Waals surface area contributed by atoms with E-state index in [1.54, 1.807) is 0 Å². The normalized spacial score (nSPS) is 15.5. The molecule has 1 aromatic carbocycles. The number of nitro groups is 1. The van der Waals surface area contributed by atoms with Crippen molar-refractivity contribution in [2.75, 3.05) is 6.61 Å². The van der Waals surface area contributed by atoms with E-state index in [9.17, 15) is 19.7 Å². The highest BCUT2D eigenvalue weighted by Gasteiger charge is 2.22. The van der Waals surface area contributed by atoms with Gasteiger partial charge in [0.15, 0.2) is 6.61 Å². The molecule has 0 aliphatic heterocycles. The Kier molecular flexibility index (Phi) is 6.08. The summed E-state index contributed by atoms with van der Waals surface area (Å²) in [5.74, 6) is -1.24. The molecule has 1 amide bonds. The predicted molar refractivity (Wildman–Crippen MR) is 83.0 cm³/mol. The van der Waals surface area contributed by atoms with Crippen LogP contribution in [0.2, 0.25) is 0 Å². The molecule has 7 heteroatoms. The zero-order chi connectivity index (χ0) is 16.7. The standard InChI is InChI=1S/C16H20N2O5/c19-15(17-12-7-3-1-2-4-8-12)11-23-16(20)13-9-5-6-10-14(13)18(21)22/h5-6,9-10,12H,1-4,7-8,11H2,(H,17,19). The van der Waals surface area contributed by atoms with Crippen molar-refractivity contribution in [2.45, 2.75) is 44.6 Å². The second kappa shape index (κ2) is 8.26. The minimum Gasteiger partial charge on any atom is -0.452 e. The number of hydrogen-bond donors (Lipinski definition) is 1. The van der Waals surface area contributed by atoms with E-state index in [0.29, 0.717) is 0 Å². The van der Waals surface area contributed by atoms with Crippen LogP contribution in [0, 0.1) is 10.1 Å². The predicted octanol–water partition coefficient (Wildman–Crippen LogP) is 2.59. The number of ether oxygens (including phenoxy) is 1. The van der Waals surface area contributed by atoms with Gasteiger partial charge in [0.05, 0.1) is 4.92 Å². The van der Waals surface area contributed by atoms with Gasteiger partial charge in [-0.25, -0.2) is 4.79 Å². The van der Waals surface area contributed by atoms with Crippen molar-refractivity contribution in [3.05, 3.63) is 39.9 Å². The van der Waals surface area contributed by atoms with Crippen LogP contribution < -0.4 is 5.32 Å². The molecule has 0 aromatic heterocycles. The molecular weight excluding hydrogens is 300 g/mol. The van der Waals surface area contributed by atoms with E-state index < -0.39 is 17.5 Å². The molecule has 0 unspecified atom stereocenters. The highest BCUT2D eigenvalue weighted by Crippen LogP contribution is 2.19. The lowest BCUT2D eigenvalue weighted by Crippen LogP contribution is -2.37.